The van der Waals surface area contributed by atoms with E-state index in [-0.39, 0.29) is 36.4 Å². The van der Waals surface area contributed by atoms with Gasteiger partial charge in [-0.3, -0.25) is 9.59 Å². The Balaban J connectivity index is 1.66. The number of anilines is 1. The molecule has 2 amide bonds. The summed E-state index contributed by atoms with van der Waals surface area (Å²) in [5.41, 5.74) is 2.59. The predicted molar refractivity (Wildman–Crippen MR) is 118 cm³/mol. The fraction of sp³-hybridized carbons (Fsp3) is 0.375. The number of rotatable bonds is 7. The quantitative estimate of drug-likeness (QED) is 0.646. The van der Waals surface area contributed by atoms with Gasteiger partial charge in [-0.2, -0.15) is 0 Å². The number of benzene rings is 2. The Morgan fingerprint density at radius 1 is 1.07 bits per heavy atom. The Labute approximate surface area is 176 Å². The van der Waals surface area contributed by atoms with Crippen molar-refractivity contribution in [1.82, 2.24) is 14.9 Å². The molecule has 1 heterocycles. The fourth-order valence-corrected chi connectivity index (χ4v) is 3.86. The van der Waals surface area contributed by atoms with Crippen LogP contribution in [-0.2, 0) is 16.1 Å². The third-order valence-corrected chi connectivity index (χ3v) is 5.49. The van der Waals surface area contributed by atoms with Gasteiger partial charge >= 0.3 is 0 Å². The van der Waals surface area contributed by atoms with Crippen molar-refractivity contribution in [3.8, 4) is 0 Å². The minimum absolute atomic E-state index is 0.0127. The molecule has 0 saturated heterocycles. The minimum atomic E-state index is -0.275. The number of aromatic nitrogens is 2. The van der Waals surface area contributed by atoms with Crippen molar-refractivity contribution >= 4 is 28.5 Å². The highest BCUT2D eigenvalue weighted by atomic mass is 16.2. The maximum atomic E-state index is 13.4. The Bertz CT molecular complexity index is 1050. The zero-order chi connectivity index (χ0) is 21.3. The van der Waals surface area contributed by atoms with Crippen LogP contribution in [-0.4, -0.2) is 27.4 Å². The normalized spacial score (nSPS) is 14.7. The number of fused-ring (bicyclic) bond motifs is 1. The van der Waals surface area contributed by atoms with E-state index in [1.54, 1.807) is 0 Å². The van der Waals surface area contributed by atoms with Gasteiger partial charge in [0, 0.05) is 17.6 Å². The van der Waals surface area contributed by atoms with E-state index in [0.717, 1.165) is 29.6 Å². The van der Waals surface area contributed by atoms with Crippen molar-refractivity contribution in [1.29, 1.82) is 0 Å². The molecule has 1 unspecified atom stereocenters. The lowest BCUT2D eigenvalue weighted by Crippen LogP contribution is -2.40. The van der Waals surface area contributed by atoms with Crippen LogP contribution < -0.4 is 10.2 Å². The number of amides is 2. The molecule has 4 rings (SSSR count). The lowest BCUT2D eigenvalue weighted by Gasteiger charge is -2.28. The molecule has 2 aromatic carbocycles. The lowest BCUT2D eigenvalue weighted by molar-refractivity contribution is -0.123. The van der Waals surface area contributed by atoms with Gasteiger partial charge in [0.2, 0.25) is 11.8 Å². The summed E-state index contributed by atoms with van der Waals surface area (Å²) in [5.74, 6) is 0.888. The van der Waals surface area contributed by atoms with Crippen molar-refractivity contribution in [2.24, 2.45) is 5.92 Å². The van der Waals surface area contributed by atoms with E-state index in [9.17, 15) is 9.59 Å². The molecule has 0 aliphatic heterocycles. The average molecular weight is 405 g/mol. The van der Waals surface area contributed by atoms with Crippen molar-refractivity contribution in [2.75, 3.05) is 4.90 Å². The van der Waals surface area contributed by atoms with E-state index in [1.165, 1.54) is 0 Å². The number of carbonyl (C=O) groups excluding carboxylic acids is 2. The number of hydrogen-bond donors (Lipinski definition) is 1. The van der Waals surface area contributed by atoms with E-state index >= 15 is 0 Å². The first-order valence-corrected chi connectivity index (χ1v) is 10.6. The summed E-state index contributed by atoms with van der Waals surface area (Å²) in [7, 11) is 0. The maximum absolute atomic E-state index is 13.4. The maximum Gasteiger partial charge on any atom is 0.247 e. The van der Waals surface area contributed by atoms with Crippen LogP contribution in [0.25, 0.3) is 11.0 Å². The van der Waals surface area contributed by atoms with Crippen LogP contribution in [0.2, 0.25) is 0 Å². The number of hydrogen-bond acceptors (Lipinski definition) is 3. The molecular formula is C24H28N4O2. The molecule has 1 fully saturated rings. The van der Waals surface area contributed by atoms with Gasteiger partial charge in [0.05, 0.1) is 17.1 Å². The summed E-state index contributed by atoms with van der Waals surface area (Å²) in [5, 5.41) is 3.07. The van der Waals surface area contributed by atoms with Gasteiger partial charge in [0.1, 0.15) is 12.4 Å². The summed E-state index contributed by atoms with van der Waals surface area (Å²) >= 11 is 0. The van der Waals surface area contributed by atoms with Crippen LogP contribution in [0, 0.1) is 5.92 Å². The number of nitrogens with one attached hydrogen (secondary N) is 1. The summed E-state index contributed by atoms with van der Waals surface area (Å²) in [6.07, 6.45) is 1.90. The second-order valence-corrected chi connectivity index (χ2v) is 8.24. The van der Waals surface area contributed by atoms with Gasteiger partial charge in [-0.1, -0.05) is 30.3 Å². The van der Waals surface area contributed by atoms with Gasteiger partial charge in [0.25, 0.3) is 0 Å². The smallest absolute Gasteiger partial charge is 0.247 e. The van der Waals surface area contributed by atoms with Crippen molar-refractivity contribution < 1.29 is 9.59 Å². The molecule has 1 atom stereocenters. The van der Waals surface area contributed by atoms with Crippen molar-refractivity contribution in [3.05, 3.63) is 60.4 Å². The van der Waals surface area contributed by atoms with E-state index in [1.807, 2.05) is 84.8 Å². The Morgan fingerprint density at radius 3 is 2.40 bits per heavy atom. The average Bonchev–Trinajstić information content (AvgIpc) is 3.52. The Kier molecular flexibility index (Phi) is 5.57. The summed E-state index contributed by atoms with van der Waals surface area (Å²) in [6.45, 7) is 6.11. The Hall–Kier alpha value is -3.15. The standard InChI is InChI=1S/C24H28N4O2/c1-16(2)28(19-9-5-4-6-10-19)22(29)15-27-21-12-8-7-11-20(21)26-23(27)17(3)25-24(30)18-13-14-18/h4-12,16-18H,13-15H2,1-3H3,(H,25,30). The first kappa shape index (κ1) is 20.1. The first-order chi connectivity index (χ1) is 14.5. The highest BCUT2D eigenvalue weighted by molar-refractivity contribution is 5.94. The van der Waals surface area contributed by atoms with Crippen LogP contribution in [0.4, 0.5) is 5.69 Å². The largest absolute Gasteiger partial charge is 0.346 e. The summed E-state index contributed by atoms with van der Waals surface area (Å²) in [4.78, 5) is 32.3. The molecule has 1 N–H and O–H groups in total. The van der Waals surface area contributed by atoms with Crippen LogP contribution in [0.1, 0.15) is 45.5 Å². The molecule has 1 aliphatic carbocycles. The molecule has 1 saturated carbocycles. The molecule has 0 radical (unpaired) electrons. The Morgan fingerprint density at radius 2 is 1.73 bits per heavy atom. The van der Waals surface area contributed by atoms with E-state index < -0.39 is 0 Å². The SMILES string of the molecule is CC(NC(=O)C1CC1)c1nc2ccccc2n1CC(=O)N(c1ccccc1)C(C)C. The van der Waals surface area contributed by atoms with Gasteiger partial charge < -0.3 is 14.8 Å². The monoisotopic (exact) mass is 404 g/mol. The zero-order valence-corrected chi connectivity index (χ0v) is 17.7. The van der Waals surface area contributed by atoms with Gasteiger partial charge in [0.15, 0.2) is 0 Å². The van der Waals surface area contributed by atoms with Crippen molar-refractivity contribution in [3.63, 3.8) is 0 Å². The first-order valence-electron chi connectivity index (χ1n) is 10.6. The van der Waals surface area contributed by atoms with Crippen LogP contribution >= 0.6 is 0 Å². The molecule has 1 aromatic heterocycles. The molecule has 30 heavy (non-hydrogen) atoms. The highest BCUT2D eigenvalue weighted by Crippen LogP contribution is 2.30. The highest BCUT2D eigenvalue weighted by Gasteiger charge is 2.31. The number of imidazole rings is 1. The summed E-state index contributed by atoms with van der Waals surface area (Å²) < 4.78 is 1.94. The van der Waals surface area contributed by atoms with Crippen LogP contribution in [0.3, 0.4) is 0 Å². The molecule has 3 aromatic rings. The number of nitrogens with zero attached hydrogens (tertiary/aromatic N) is 3. The van der Waals surface area contributed by atoms with Crippen molar-refractivity contribution in [2.45, 2.75) is 52.2 Å². The molecule has 6 nitrogen and oxygen atoms in total. The van der Waals surface area contributed by atoms with Gasteiger partial charge in [-0.25, -0.2) is 4.98 Å². The molecule has 1 aliphatic rings. The zero-order valence-electron chi connectivity index (χ0n) is 17.7. The second-order valence-electron chi connectivity index (χ2n) is 8.24. The molecule has 0 bridgehead atoms. The third kappa shape index (κ3) is 4.08. The van der Waals surface area contributed by atoms with Gasteiger partial charge in [-0.05, 0) is 57.9 Å². The van der Waals surface area contributed by atoms with Crippen LogP contribution in [0.15, 0.2) is 54.6 Å². The predicted octanol–water partition coefficient (Wildman–Crippen LogP) is 4.07. The third-order valence-electron chi connectivity index (χ3n) is 5.49. The van der Waals surface area contributed by atoms with E-state index in [4.69, 9.17) is 4.98 Å². The van der Waals surface area contributed by atoms with E-state index in [2.05, 4.69) is 5.32 Å². The summed E-state index contributed by atoms with van der Waals surface area (Å²) in [6, 6.07) is 17.2. The fourth-order valence-electron chi connectivity index (χ4n) is 3.86. The lowest BCUT2D eigenvalue weighted by atomic mass is 10.2. The molecule has 0 spiro atoms. The molecule has 6 heteroatoms. The molecular weight excluding hydrogens is 376 g/mol. The molecule has 156 valence electrons. The minimum Gasteiger partial charge on any atom is -0.346 e. The van der Waals surface area contributed by atoms with E-state index in [0.29, 0.717) is 5.82 Å². The second kappa shape index (κ2) is 8.30. The number of para-hydroxylation sites is 3. The number of carbonyl (C=O) groups is 2. The topological polar surface area (TPSA) is 67.2 Å². The van der Waals surface area contributed by atoms with Crippen LogP contribution in [0.5, 0.6) is 0 Å². The van der Waals surface area contributed by atoms with Gasteiger partial charge in [-0.15, -0.1) is 0 Å².